The van der Waals surface area contributed by atoms with Gasteiger partial charge in [-0.1, -0.05) is 12.8 Å². The number of rotatable bonds is 7. The van der Waals surface area contributed by atoms with Crippen LogP contribution < -0.4 is 11.1 Å². The molecule has 0 bridgehead atoms. The Labute approximate surface area is 78.5 Å². The number of aliphatic carboxylic acids is 1. The van der Waals surface area contributed by atoms with Gasteiger partial charge in [-0.3, -0.25) is 4.79 Å². The fraction of sp³-hybridized carbons (Fsp3) is 0.889. The normalized spacial score (nSPS) is 18.5. The molecule has 0 aromatic heterocycles. The lowest BCUT2D eigenvalue weighted by Crippen LogP contribution is -2.40. The fourth-order valence-corrected chi connectivity index (χ4v) is 1.27. The summed E-state index contributed by atoms with van der Waals surface area (Å²) in [6.45, 7) is 1.26. The van der Waals surface area contributed by atoms with Crippen LogP contribution in [0.1, 0.15) is 25.7 Å². The number of carboxylic acids is 1. The van der Waals surface area contributed by atoms with Crippen molar-refractivity contribution in [2.24, 2.45) is 11.7 Å². The summed E-state index contributed by atoms with van der Waals surface area (Å²) in [7, 11) is 0. The zero-order valence-electron chi connectivity index (χ0n) is 7.83. The molecule has 4 heteroatoms. The van der Waals surface area contributed by atoms with Crippen molar-refractivity contribution in [3.8, 4) is 0 Å². The van der Waals surface area contributed by atoms with Gasteiger partial charge in [-0.25, -0.2) is 0 Å². The predicted octanol–water partition coefficient (Wildman–Crippen LogP) is 0.178. The van der Waals surface area contributed by atoms with E-state index in [1.807, 2.05) is 0 Å². The molecule has 1 saturated carbocycles. The average molecular weight is 186 g/mol. The highest BCUT2D eigenvalue weighted by Crippen LogP contribution is 2.33. The Balaban J connectivity index is 1.84. The van der Waals surface area contributed by atoms with E-state index in [0.717, 1.165) is 18.9 Å². The maximum Gasteiger partial charge on any atom is 0.321 e. The first-order valence-corrected chi connectivity index (χ1v) is 4.89. The van der Waals surface area contributed by atoms with E-state index in [9.17, 15) is 4.79 Å². The Morgan fingerprint density at radius 2 is 2.31 bits per heavy atom. The van der Waals surface area contributed by atoms with Crippen molar-refractivity contribution in [2.45, 2.75) is 31.7 Å². The van der Waals surface area contributed by atoms with Gasteiger partial charge in [-0.15, -0.1) is 0 Å². The Morgan fingerprint density at radius 3 is 2.85 bits per heavy atom. The lowest BCUT2D eigenvalue weighted by atomic mass is 10.2. The van der Waals surface area contributed by atoms with Crippen LogP contribution in [0.4, 0.5) is 0 Å². The fourth-order valence-electron chi connectivity index (χ4n) is 1.27. The molecule has 1 atom stereocenters. The molecule has 0 aromatic carbocycles. The molecule has 0 heterocycles. The molecule has 0 saturated heterocycles. The molecular formula is C9H18N2O2. The second kappa shape index (κ2) is 5.19. The van der Waals surface area contributed by atoms with Gasteiger partial charge in [0.25, 0.3) is 0 Å². The quantitative estimate of drug-likeness (QED) is 0.496. The molecule has 1 rings (SSSR count). The highest BCUT2D eigenvalue weighted by Gasteiger charge is 2.20. The molecule has 0 spiro atoms. The molecule has 76 valence electrons. The third kappa shape index (κ3) is 4.85. The van der Waals surface area contributed by atoms with Gasteiger partial charge >= 0.3 is 5.97 Å². The van der Waals surface area contributed by atoms with Crippen molar-refractivity contribution < 1.29 is 9.90 Å². The minimum Gasteiger partial charge on any atom is -0.480 e. The lowest BCUT2D eigenvalue weighted by Gasteiger charge is -2.07. The number of carboxylic acid groups (broad SMARTS) is 1. The zero-order chi connectivity index (χ0) is 9.68. The van der Waals surface area contributed by atoms with Crippen LogP contribution >= 0.6 is 0 Å². The standard InChI is InChI=1S/C9H18N2O2/c10-8(9(12)13)6-11-5-1-2-7-3-4-7/h7-8,11H,1-6,10H2,(H,12,13). The molecule has 4 nitrogen and oxygen atoms in total. The van der Waals surface area contributed by atoms with Gasteiger partial charge in [-0.2, -0.15) is 0 Å². The van der Waals surface area contributed by atoms with E-state index in [-0.39, 0.29) is 0 Å². The summed E-state index contributed by atoms with van der Waals surface area (Å²) in [5.74, 6) is 0.0182. The molecule has 1 unspecified atom stereocenters. The molecule has 0 amide bonds. The minimum atomic E-state index is -0.935. The van der Waals surface area contributed by atoms with Crippen LogP contribution in [0.3, 0.4) is 0 Å². The van der Waals surface area contributed by atoms with E-state index in [1.54, 1.807) is 0 Å². The van der Waals surface area contributed by atoms with Crippen LogP contribution in [0, 0.1) is 5.92 Å². The molecule has 0 radical (unpaired) electrons. The first-order chi connectivity index (χ1) is 6.20. The minimum absolute atomic E-state index is 0.375. The number of nitrogens with one attached hydrogen (secondary N) is 1. The zero-order valence-corrected chi connectivity index (χ0v) is 7.83. The van der Waals surface area contributed by atoms with E-state index in [1.165, 1.54) is 19.3 Å². The van der Waals surface area contributed by atoms with Crippen LogP contribution in [0.5, 0.6) is 0 Å². The smallest absolute Gasteiger partial charge is 0.321 e. The van der Waals surface area contributed by atoms with Gasteiger partial charge in [0.1, 0.15) is 6.04 Å². The summed E-state index contributed by atoms with van der Waals surface area (Å²) >= 11 is 0. The molecule has 1 fully saturated rings. The molecule has 1 aliphatic carbocycles. The van der Waals surface area contributed by atoms with Crippen LogP contribution in [-0.4, -0.2) is 30.2 Å². The highest BCUT2D eigenvalue weighted by atomic mass is 16.4. The molecule has 13 heavy (non-hydrogen) atoms. The topological polar surface area (TPSA) is 75.3 Å². The number of hydrogen-bond donors (Lipinski definition) is 3. The maximum atomic E-state index is 10.3. The van der Waals surface area contributed by atoms with Gasteiger partial charge in [0.05, 0.1) is 0 Å². The monoisotopic (exact) mass is 186 g/mol. The van der Waals surface area contributed by atoms with Crippen molar-refractivity contribution in [2.75, 3.05) is 13.1 Å². The van der Waals surface area contributed by atoms with E-state index in [2.05, 4.69) is 5.32 Å². The Morgan fingerprint density at radius 1 is 1.62 bits per heavy atom. The third-order valence-corrected chi connectivity index (χ3v) is 2.34. The van der Waals surface area contributed by atoms with Gasteiger partial charge < -0.3 is 16.2 Å². The van der Waals surface area contributed by atoms with Crippen molar-refractivity contribution in [3.05, 3.63) is 0 Å². The Hall–Kier alpha value is -0.610. The second-order valence-electron chi connectivity index (χ2n) is 3.73. The van der Waals surface area contributed by atoms with E-state index < -0.39 is 12.0 Å². The van der Waals surface area contributed by atoms with Gasteiger partial charge in [-0.05, 0) is 25.3 Å². The van der Waals surface area contributed by atoms with Gasteiger partial charge in [0.15, 0.2) is 0 Å². The largest absolute Gasteiger partial charge is 0.480 e. The molecule has 4 N–H and O–H groups in total. The van der Waals surface area contributed by atoms with Crippen molar-refractivity contribution >= 4 is 5.97 Å². The van der Waals surface area contributed by atoms with Crippen molar-refractivity contribution in [3.63, 3.8) is 0 Å². The highest BCUT2D eigenvalue weighted by molar-refractivity contribution is 5.73. The molecular weight excluding hydrogens is 168 g/mol. The number of nitrogens with two attached hydrogens (primary N) is 1. The SMILES string of the molecule is NC(CNCCCC1CC1)C(=O)O. The van der Waals surface area contributed by atoms with E-state index in [4.69, 9.17) is 10.8 Å². The molecule has 0 aromatic rings. The lowest BCUT2D eigenvalue weighted by molar-refractivity contribution is -0.138. The van der Waals surface area contributed by atoms with E-state index in [0.29, 0.717) is 6.54 Å². The average Bonchev–Trinajstić information content (AvgIpc) is 2.87. The Bertz CT molecular complexity index is 169. The van der Waals surface area contributed by atoms with Crippen LogP contribution in [0.2, 0.25) is 0 Å². The summed E-state index contributed by atoms with van der Waals surface area (Å²) in [4.78, 5) is 10.3. The summed E-state index contributed by atoms with van der Waals surface area (Å²) in [5, 5.41) is 11.5. The van der Waals surface area contributed by atoms with E-state index >= 15 is 0 Å². The second-order valence-corrected chi connectivity index (χ2v) is 3.73. The maximum absolute atomic E-state index is 10.3. The first kappa shape index (κ1) is 10.5. The first-order valence-electron chi connectivity index (χ1n) is 4.89. The third-order valence-electron chi connectivity index (χ3n) is 2.34. The van der Waals surface area contributed by atoms with Crippen molar-refractivity contribution in [1.82, 2.24) is 5.32 Å². The van der Waals surface area contributed by atoms with Gasteiger partial charge in [0.2, 0.25) is 0 Å². The predicted molar refractivity (Wildman–Crippen MR) is 50.4 cm³/mol. The summed E-state index contributed by atoms with van der Waals surface area (Å²) < 4.78 is 0. The number of carbonyl (C=O) groups is 1. The van der Waals surface area contributed by atoms with Crippen LogP contribution in [0.15, 0.2) is 0 Å². The number of hydrogen-bond acceptors (Lipinski definition) is 3. The summed E-state index contributed by atoms with van der Waals surface area (Å²) in [5.41, 5.74) is 5.31. The summed E-state index contributed by atoms with van der Waals surface area (Å²) in [6, 6.07) is -0.763. The molecule has 1 aliphatic rings. The Kier molecular flexibility index (Phi) is 4.18. The van der Waals surface area contributed by atoms with Crippen LogP contribution in [-0.2, 0) is 4.79 Å². The van der Waals surface area contributed by atoms with Crippen molar-refractivity contribution in [1.29, 1.82) is 0 Å². The van der Waals surface area contributed by atoms with Gasteiger partial charge in [0, 0.05) is 6.54 Å². The summed E-state index contributed by atoms with van der Waals surface area (Å²) in [6.07, 6.45) is 5.18. The van der Waals surface area contributed by atoms with Crippen LogP contribution in [0.25, 0.3) is 0 Å². The molecule has 0 aliphatic heterocycles.